The van der Waals surface area contributed by atoms with Crippen molar-refractivity contribution in [2.24, 2.45) is 11.1 Å². The van der Waals surface area contributed by atoms with Crippen LogP contribution in [-0.4, -0.2) is 60.5 Å². The van der Waals surface area contributed by atoms with E-state index < -0.39 is 5.41 Å². The molecule has 0 aromatic carbocycles. The second-order valence-corrected chi connectivity index (χ2v) is 5.37. The second kappa shape index (κ2) is 4.18. The van der Waals surface area contributed by atoms with E-state index in [1.54, 1.807) is 4.90 Å². The minimum Gasteiger partial charge on any atom is -0.338 e. The number of urea groups is 1. The van der Waals surface area contributed by atoms with E-state index in [0.717, 1.165) is 0 Å². The Kier molecular flexibility index (Phi) is 2.99. The van der Waals surface area contributed by atoms with Gasteiger partial charge in [-0.1, -0.05) is 0 Å². The Morgan fingerprint density at radius 2 is 2.24 bits per heavy atom. The summed E-state index contributed by atoms with van der Waals surface area (Å²) in [6, 6.07) is 0.106. The molecule has 1 unspecified atom stereocenters. The molecule has 6 nitrogen and oxygen atoms in total. The quantitative estimate of drug-likeness (QED) is 0.664. The molecule has 2 aliphatic rings. The first-order chi connectivity index (χ1) is 7.95. The fourth-order valence-corrected chi connectivity index (χ4v) is 2.30. The topological polar surface area (TPSA) is 78.7 Å². The molecule has 2 aliphatic heterocycles. The van der Waals surface area contributed by atoms with Gasteiger partial charge in [-0.2, -0.15) is 0 Å². The van der Waals surface area contributed by atoms with E-state index in [2.05, 4.69) is 5.32 Å². The van der Waals surface area contributed by atoms with E-state index in [1.807, 2.05) is 18.7 Å². The molecule has 0 aliphatic carbocycles. The summed E-state index contributed by atoms with van der Waals surface area (Å²) in [6.07, 6.45) is 0. The minimum absolute atomic E-state index is 0.0137. The van der Waals surface area contributed by atoms with Gasteiger partial charge in [0.2, 0.25) is 5.91 Å². The number of piperazine rings is 1. The highest BCUT2D eigenvalue weighted by Gasteiger charge is 2.39. The smallest absolute Gasteiger partial charge is 0.317 e. The number of nitrogens with one attached hydrogen (secondary N) is 1. The van der Waals surface area contributed by atoms with Crippen LogP contribution in [0.2, 0.25) is 0 Å². The normalized spacial score (nSPS) is 24.6. The summed E-state index contributed by atoms with van der Waals surface area (Å²) in [7, 11) is 0. The molecule has 0 spiro atoms. The predicted molar refractivity (Wildman–Crippen MR) is 63.3 cm³/mol. The first-order valence-corrected chi connectivity index (χ1v) is 5.99. The molecule has 3 N–H and O–H groups in total. The van der Waals surface area contributed by atoms with Gasteiger partial charge in [0.1, 0.15) is 0 Å². The molecule has 17 heavy (non-hydrogen) atoms. The van der Waals surface area contributed by atoms with Crippen molar-refractivity contribution in [3.63, 3.8) is 0 Å². The van der Waals surface area contributed by atoms with Crippen LogP contribution in [0.1, 0.15) is 13.8 Å². The number of carbonyl (C=O) groups excluding carboxylic acids is 2. The number of carbonyl (C=O) groups is 2. The molecule has 2 rings (SSSR count). The van der Waals surface area contributed by atoms with E-state index in [4.69, 9.17) is 5.73 Å². The van der Waals surface area contributed by atoms with Gasteiger partial charge in [-0.05, 0) is 13.8 Å². The van der Waals surface area contributed by atoms with Crippen LogP contribution >= 0.6 is 0 Å². The molecule has 2 saturated heterocycles. The molecule has 0 saturated carbocycles. The van der Waals surface area contributed by atoms with Gasteiger partial charge in [-0.15, -0.1) is 0 Å². The van der Waals surface area contributed by atoms with Crippen LogP contribution in [0, 0.1) is 5.41 Å². The fraction of sp³-hybridized carbons (Fsp3) is 0.818. The molecule has 0 radical (unpaired) electrons. The third kappa shape index (κ3) is 2.09. The van der Waals surface area contributed by atoms with Gasteiger partial charge < -0.3 is 20.9 Å². The van der Waals surface area contributed by atoms with E-state index in [9.17, 15) is 9.59 Å². The van der Waals surface area contributed by atoms with Gasteiger partial charge in [-0.3, -0.25) is 4.79 Å². The Morgan fingerprint density at radius 3 is 2.88 bits per heavy atom. The van der Waals surface area contributed by atoms with Crippen molar-refractivity contribution in [3.05, 3.63) is 0 Å². The monoisotopic (exact) mass is 240 g/mol. The summed E-state index contributed by atoms with van der Waals surface area (Å²) in [5.74, 6) is 0.0824. The van der Waals surface area contributed by atoms with Crippen LogP contribution in [0.25, 0.3) is 0 Å². The molecule has 96 valence electrons. The van der Waals surface area contributed by atoms with Gasteiger partial charge in [-0.25, -0.2) is 4.79 Å². The first-order valence-electron chi connectivity index (χ1n) is 5.99. The zero-order chi connectivity index (χ0) is 12.6. The second-order valence-electron chi connectivity index (χ2n) is 5.37. The van der Waals surface area contributed by atoms with Crippen molar-refractivity contribution < 1.29 is 9.59 Å². The highest BCUT2D eigenvalue weighted by atomic mass is 16.2. The van der Waals surface area contributed by atoms with Crippen LogP contribution in [0.5, 0.6) is 0 Å². The van der Waals surface area contributed by atoms with Gasteiger partial charge >= 0.3 is 6.03 Å². The third-order valence-electron chi connectivity index (χ3n) is 3.61. The van der Waals surface area contributed by atoms with Crippen molar-refractivity contribution in [2.75, 3.05) is 32.7 Å². The van der Waals surface area contributed by atoms with Crippen molar-refractivity contribution in [2.45, 2.75) is 19.9 Å². The lowest BCUT2D eigenvalue weighted by Crippen LogP contribution is -2.57. The Morgan fingerprint density at radius 1 is 1.53 bits per heavy atom. The molecular formula is C11H20N4O2. The summed E-state index contributed by atoms with van der Waals surface area (Å²) in [4.78, 5) is 27.3. The molecule has 2 fully saturated rings. The lowest BCUT2D eigenvalue weighted by molar-refractivity contribution is -0.142. The maximum atomic E-state index is 12.2. The van der Waals surface area contributed by atoms with Crippen molar-refractivity contribution in [1.29, 1.82) is 0 Å². The van der Waals surface area contributed by atoms with E-state index in [0.29, 0.717) is 32.7 Å². The number of hydrogen-bond donors (Lipinski definition) is 2. The lowest BCUT2D eigenvalue weighted by Gasteiger charge is -2.39. The van der Waals surface area contributed by atoms with Crippen LogP contribution in [0.4, 0.5) is 4.79 Å². The van der Waals surface area contributed by atoms with Crippen LogP contribution < -0.4 is 11.1 Å². The number of fused-ring (bicyclic) bond motifs is 1. The lowest BCUT2D eigenvalue weighted by atomic mass is 9.91. The molecule has 1 atom stereocenters. The third-order valence-corrected chi connectivity index (χ3v) is 3.61. The number of nitrogens with zero attached hydrogens (tertiary/aromatic N) is 2. The van der Waals surface area contributed by atoms with Crippen LogP contribution in [-0.2, 0) is 4.79 Å². The van der Waals surface area contributed by atoms with Crippen molar-refractivity contribution in [1.82, 2.24) is 15.1 Å². The van der Waals surface area contributed by atoms with Crippen LogP contribution in [0.15, 0.2) is 0 Å². The molecular weight excluding hydrogens is 220 g/mol. The number of nitrogens with two attached hydrogens (primary N) is 1. The van der Waals surface area contributed by atoms with Crippen molar-refractivity contribution >= 4 is 11.9 Å². The first kappa shape index (κ1) is 12.2. The average molecular weight is 240 g/mol. The van der Waals surface area contributed by atoms with Gasteiger partial charge in [0.05, 0.1) is 11.5 Å². The Hall–Kier alpha value is -1.30. The number of hydrogen-bond acceptors (Lipinski definition) is 3. The Bertz CT molecular complexity index is 342. The summed E-state index contributed by atoms with van der Waals surface area (Å²) in [5, 5.41) is 2.80. The molecule has 3 amide bonds. The van der Waals surface area contributed by atoms with E-state index in [-0.39, 0.29) is 18.0 Å². The SMILES string of the molecule is CC(C)(CN)C(=O)N1CCN2C(=O)NCC2C1. The summed E-state index contributed by atoms with van der Waals surface area (Å²) in [6.45, 7) is 6.52. The van der Waals surface area contributed by atoms with Crippen molar-refractivity contribution in [3.8, 4) is 0 Å². The maximum Gasteiger partial charge on any atom is 0.317 e. The minimum atomic E-state index is -0.516. The molecule has 0 bridgehead atoms. The molecule has 2 heterocycles. The zero-order valence-electron chi connectivity index (χ0n) is 10.4. The highest BCUT2D eigenvalue weighted by molar-refractivity contribution is 5.83. The molecule has 0 aromatic heterocycles. The van der Waals surface area contributed by atoms with Gasteiger partial charge in [0, 0.05) is 32.7 Å². The number of rotatable bonds is 2. The largest absolute Gasteiger partial charge is 0.338 e. The summed E-state index contributed by atoms with van der Waals surface area (Å²) >= 11 is 0. The fourth-order valence-electron chi connectivity index (χ4n) is 2.30. The molecule has 6 heteroatoms. The zero-order valence-corrected chi connectivity index (χ0v) is 10.4. The van der Waals surface area contributed by atoms with E-state index >= 15 is 0 Å². The predicted octanol–water partition coefficient (Wildman–Crippen LogP) is -0.793. The summed E-state index contributed by atoms with van der Waals surface area (Å²) in [5.41, 5.74) is 5.10. The standard InChI is InChI=1S/C11H20N4O2/c1-11(2,7-12)9(16)14-3-4-15-8(6-14)5-13-10(15)17/h8H,3-7,12H2,1-2H3,(H,13,17). The number of amides is 3. The Balaban J connectivity index is 2.02. The summed E-state index contributed by atoms with van der Waals surface area (Å²) < 4.78 is 0. The maximum absolute atomic E-state index is 12.2. The van der Waals surface area contributed by atoms with Crippen LogP contribution in [0.3, 0.4) is 0 Å². The average Bonchev–Trinajstić information content (AvgIpc) is 2.69. The van der Waals surface area contributed by atoms with Gasteiger partial charge in [0.25, 0.3) is 0 Å². The highest BCUT2D eigenvalue weighted by Crippen LogP contribution is 2.21. The van der Waals surface area contributed by atoms with E-state index in [1.165, 1.54) is 0 Å². The molecule has 0 aromatic rings. The van der Waals surface area contributed by atoms with Gasteiger partial charge in [0.15, 0.2) is 0 Å². The Labute approximate surface area is 101 Å².